The molecule has 0 saturated heterocycles. The van der Waals surface area contributed by atoms with E-state index in [1.54, 1.807) is 0 Å². The van der Waals surface area contributed by atoms with Crippen molar-refractivity contribution in [1.29, 1.82) is 0 Å². The summed E-state index contributed by atoms with van der Waals surface area (Å²) in [6.45, 7) is 18.7. The van der Waals surface area contributed by atoms with Gasteiger partial charge in [0.2, 0.25) is 0 Å². The van der Waals surface area contributed by atoms with E-state index in [4.69, 9.17) is 0 Å². The van der Waals surface area contributed by atoms with E-state index < -0.39 is 5.41 Å². The minimum Gasteiger partial charge on any atom is -0.134 e. The van der Waals surface area contributed by atoms with Crippen molar-refractivity contribution in [3.05, 3.63) is 203 Å². The monoisotopic (exact) mass is 1960 g/mol. The Kier molecular flexibility index (Phi) is 33.6. The number of hydrogen-bond donors (Lipinski definition) is 0. The Balaban J connectivity index is 0.998. The summed E-state index contributed by atoms with van der Waals surface area (Å²) in [5.74, 6) is 0. The topological polar surface area (TPSA) is 0 Å². The van der Waals surface area contributed by atoms with Gasteiger partial charge in [-0.15, -0.1) is 90.7 Å². The van der Waals surface area contributed by atoms with Gasteiger partial charge in [0.15, 0.2) is 0 Å². The predicted molar refractivity (Wildman–Crippen MR) is 543 cm³/mol. The Labute approximate surface area is 770 Å². The SMILES string of the molecule is CCCCCCc1cc(-c2sc(-c3ccc4c(c3)C3(c5cc(-c6cc(CCCCCC)c(-c7cc(CCCCCC)c(Br)s7)s6)ccc5-4)c4cc(-c5cc(CCCCCC)c(-c6cc(CCCCCC)c(Br)s6)s5)ccc4-c4ccc(-c5cc(CCCCCC)c(-c6cc(CCCCCC)c(Br)s6)s5)cc43)cc2CCCCCC)sc1Br. The smallest absolute Gasteiger partial charge is 0.0737 e. The Bertz CT molecular complexity index is 4590. The third-order valence-electron chi connectivity index (χ3n) is 25.0. The van der Waals surface area contributed by atoms with Crippen LogP contribution >= 0.6 is 154 Å². The highest BCUT2D eigenvalue weighted by Crippen LogP contribution is 2.66. The maximum absolute atomic E-state index is 4.16. The van der Waals surface area contributed by atoms with Crippen LogP contribution in [0.3, 0.4) is 0 Å². The molecule has 8 heterocycles. The minimum atomic E-state index is -0.668. The lowest BCUT2D eigenvalue weighted by Gasteiger charge is -2.31. The highest BCUT2D eigenvalue weighted by molar-refractivity contribution is 9.11. The van der Waals surface area contributed by atoms with Crippen molar-refractivity contribution >= 4 is 154 Å². The molecule has 0 saturated carbocycles. The molecule has 12 heteroatoms. The first kappa shape index (κ1) is 89.7. The third-order valence-corrected chi connectivity index (χ3v) is 38.4. The summed E-state index contributed by atoms with van der Waals surface area (Å²) in [5.41, 5.74) is 27.8. The van der Waals surface area contributed by atoms with Crippen molar-refractivity contribution in [2.24, 2.45) is 0 Å². The molecule has 2 aliphatic carbocycles. The molecule has 1 spiro atoms. The molecule has 4 aromatic carbocycles. The lowest BCUT2D eigenvalue weighted by Crippen LogP contribution is -2.26. The van der Waals surface area contributed by atoms with Gasteiger partial charge in [-0.3, -0.25) is 0 Å². The molecule has 0 aliphatic heterocycles. The van der Waals surface area contributed by atoms with Crippen molar-refractivity contribution in [3.8, 4) is 103 Å². The van der Waals surface area contributed by atoms with Gasteiger partial charge in [-0.2, -0.15) is 0 Å². The van der Waals surface area contributed by atoms with Crippen LogP contribution in [0.1, 0.15) is 328 Å². The van der Waals surface area contributed by atoms with E-state index in [1.807, 2.05) is 45.3 Å². The molecule has 0 radical (unpaired) electrons. The van der Waals surface area contributed by atoms with Crippen LogP contribution in [-0.4, -0.2) is 0 Å². The molecule has 14 rings (SSSR count). The van der Waals surface area contributed by atoms with Crippen molar-refractivity contribution in [2.75, 3.05) is 0 Å². The number of halogens is 4. The van der Waals surface area contributed by atoms with Gasteiger partial charge in [-0.25, -0.2) is 0 Å². The van der Waals surface area contributed by atoms with Crippen LogP contribution in [0.4, 0.5) is 0 Å². The maximum Gasteiger partial charge on any atom is 0.0737 e. The number of thiophene rings is 8. The summed E-state index contributed by atoms with van der Waals surface area (Å²) in [7, 11) is 0. The molecule has 12 aromatic rings. The summed E-state index contributed by atoms with van der Waals surface area (Å²) < 4.78 is 5.25. The summed E-state index contributed by atoms with van der Waals surface area (Å²) in [6.07, 6.45) is 49.2. The van der Waals surface area contributed by atoms with Crippen molar-refractivity contribution in [3.63, 3.8) is 0 Å². The lowest BCUT2D eigenvalue weighted by molar-refractivity contribution is 0.667. The summed E-state index contributed by atoms with van der Waals surface area (Å²) in [6, 6.07) is 52.2. The quantitative estimate of drug-likeness (QED) is 0.0334. The maximum atomic E-state index is 4.16. The van der Waals surface area contributed by atoms with Crippen LogP contribution in [0.25, 0.3) is 103 Å². The van der Waals surface area contributed by atoms with E-state index in [0.29, 0.717) is 0 Å². The second kappa shape index (κ2) is 43.8. The molecule has 2 aliphatic rings. The fraction of sp³-hybridized carbons (Fsp3) is 0.467. The van der Waals surface area contributed by atoms with Gasteiger partial charge in [-0.05, 0) is 351 Å². The highest BCUT2D eigenvalue weighted by atomic mass is 79.9. The van der Waals surface area contributed by atoms with E-state index in [0.717, 1.165) is 51.4 Å². The average molecular weight is 1960 g/mol. The summed E-state index contributed by atoms with van der Waals surface area (Å²) >= 11 is 32.7. The van der Waals surface area contributed by atoms with Crippen molar-refractivity contribution in [1.82, 2.24) is 0 Å². The fourth-order valence-corrected chi connectivity index (χ4v) is 30.8. The number of aryl methyl sites for hydroxylation is 8. The molecular weight excluding hydrogens is 1840 g/mol. The number of unbranched alkanes of at least 4 members (excludes halogenated alkanes) is 24. The molecule has 0 atom stereocenters. The standard InChI is InChI=1S/C105H124Br4S8/c1-9-17-25-33-41-73-61-89(110-97(73)93-65-77(101(106)114-93)45-37-29-21-13-5)69-49-53-81-82-54-50-70(90-62-74(42-34-26-18-10-2)98(111-90)94-66-78(102(107)115-94)46-38-30-22-14-6)58-86(82)105(85(81)57-69)87-59-71(91-63-75(43-35-27-19-11-3)99(112-91)95-67-79(103(108)116-95)47-39-31-23-15-7)51-55-83(87)84-56-52-72(60-88(84)105)92-64-76(44-36-28-20-12-4)100(113-92)96-68-80(104(109)117-96)48-40-32-24-16-8/h49-68H,9-48H2,1-8H3. The zero-order valence-corrected chi connectivity index (χ0v) is 84.0. The van der Waals surface area contributed by atoms with E-state index >= 15 is 0 Å². The van der Waals surface area contributed by atoms with Crippen LogP contribution in [0.5, 0.6) is 0 Å². The van der Waals surface area contributed by atoms with Gasteiger partial charge in [0.1, 0.15) is 0 Å². The number of fused-ring (bicyclic) bond motifs is 10. The van der Waals surface area contributed by atoms with E-state index in [9.17, 15) is 0 Å². The third kappa shape index (κ3) is 20.8. The Hall–Kier alpha value is -3.60. The van der Waals surface area contributed by atoms with Crippen LogP contribution in [-0.2, 0) is 56.8 Å². The first-order chi connectivity index (χ1) is 57.3. The number of hydrogen-bond acceptors (Lipinski definition) is 8. The van der Waals surface area contributed by atoms with Crippen LogP contribution in [0.15, 0.2) is 136 Å². The first-order valence-electron chi connectivity index (χ1n) is 45.6. The Morgan fingerprint density at radius 3 is 0.564 bits per heavy atom. The molecular formula is C105H124Br4S8. The van der Waals surface area contributed by atoms with E-state index in [1.165, 1.54) is 390 Å². The predicted octanol–water partition coefficient (Wildman–Crippen LogP) is 39.9. The zero-order chi connectivity index (χ0) is 81.4. The zero-order valence-electron chi connectivity index (χ0n) is 71.1. The number of benzene rings is 4. The van der Waals surface area contributed by atoms with Gasteiger partial charge >= 0.3 is 0 Å². The van der Waals surface area contributed by atoms with Crippen molar-refractivity contribution in [2.45, 2.75) is 318 Å². The molecule has 0 N–H and O–H groups in total. The molecule has 0 nitrogen and oxygen atoms in total. The van der Waals surface area contributed by atoms with Gasteiger partial charge in [-0.1, -0.05) is 258 Å². The summed E-state index contributed by atoms with van der Waals surface area (Å²) in [4.78, 5) is 17.1. The molecule has 0 fully saturated rings. The largest absolute Gasteiger partial charge is 0.134 e. The van der Waals surface area contributed by atoms with Crippen LogP contribution < -0.4 is 0 Å². The second-order valence-electron chi connectivity index (χ2n) is 33.8. The van der Waals surface area contributed by atoms with Crippen molar-refractivity contribution < 1.29 is 0 Å². The lowest BCUT2D eigenvalue weighted by atomic mass is 9.69. The van der Waals surface area contributed by atoms with Gasteiger partial charge in [0, 0.05) is 58.5 Å². The highest BCUT2D eigenvalue weighted by Gasteiger charge is 2.53. The van der Waals surface area contributed by atoms with E-state index in [2.05, 4.69) is 286 Å². The summed E-state index contributed by atoms with van der Waals surface area (Å²) in [5, 5.41) is 0. The molecule has 0 amide bonds. The molecule has 620 valence electrons. The molecule has 0 unspecified atom stereocenters. The second-order valence-corrected chi connectivity index (χ2v) is 47.5. The Morgan fingerprint density at radius 2 is 0.376 bits per heavy atom. The molecule has 0 bridgehead atoms. The fourth-order valence-electron chi connectivity index (χ4n) is 18.4. The average Bonchev–Trinajstić information content (AvgIpc) is 1.50. The van der Waals surface area contributed by atoms with E-state index in [-0.39, 0.29) is 0 Å². The van der Waals surface area contributed by atoms with Crippen LogP contribution in [0, 0.1) is 0 Å². The number of rotatable bonds is 48. The van der Waals surface area contributed by atoms with Crippen LogP contribution in [0.2, 0.25) is 0 Å². The molecule has 117 heavy (non-hydrogen) atoms. The first-order valence-corrected chi connectivity index (χ1v) is 55.3. The normalized spacial score (nSPS) is 12.7. The molecule has 8 aromatic heterocycles. The van der Waals surface area contributed by atoms with Gasteiger partial charge in [0.25, 0.3) is 0 Å². The minimum absolute atomic E-state index is 0.668. The van der Waals surface area contributed by atoms with Gasteiger partial charge in [0.05, 0.1) is 20.6 Å². The van der Waals surface area contributed by atoms with Gasteiger partial charge < -0.3 is 0 Å². The Morgan fingerprint density at radius 1 is 0.197 bits per heavy atom.